The number of fused-ring (bicyclic) bond motifs is 1. The van der Waals surface area contributed by atoms with Crippen LogP contribution < -0.4 is 14.8 Å². The molecule has 1 aromatic carbocycles. The lowest BCUT2D eigenvalue weighted by atomic mass is 10.2. The number of guanidine groups is 1. The average molecular weight is 490 g/mol. The average Bonchev–Trinajstić information content (AvgIpc) is 2.65. The Morgan fingerprint density at radius 2 is 1.89 bits per heavy atom. The third kappa shape index (κ3) is 6.75. The van der Waals surface area contributed by atoms with Crippen LogP contribution in [0.1, 0.15) is 20.8 Å². The maximum absolute atomic E-state index is 12.3. The lowest BCUT2D eigenvalue weighted by molar-refractivity contribution is -0.131. The minimum atomic E-state index is -0.148. The first-order chi connectivity index (χ1) is 12.6. The predicted octanol–water partition coefficient (Wildman–Crippen LogP) is 2.21. The highest BCUT2D eigenvalue weighted by Gasteiger charge is 2.21. The van der Waals surface area contributed by atoms with Crippen molar-refractivity contribution in [1.82, 2.24) is 15.1 Å². The zero-order valence-corrected chi connectivity index (χ0v) is 18.9. The number of carbonyl (C=O) groups is 1. The molecule has 1 amide bonds. The largest absolute Gasteiger partial charge is 0.486 e. The zero-order valence-electron chi connectivity index (χ0n) is 16.6. The smallest absolute Gasteiger partial charge is 0.242 e. The molecule has 0 radical (unpaired) electrons. The van der Waals surface area contributed by atoms with E-state index in [2.05, 4.69) is 10.3 Å². The normalized spacial score (nSPS) is 15.6. The van der Waals surface area contributed by atoms with Gasteiger partial charge in [-0.25, -0.2) is 4.99 Å². The molecular formula is C19H31IN4O3. The predicted molar refractivity (Wildman–Crippen MR) is 118 cm³/mol. The fraction of sp³-hybridized carbons (Fsp3) is 0.579. The van der Waals surface area contributed by atoms with Gasteiger partial charge in [0.25, 0.3) is 0 Å². The molecule has 8 heteroatoms. The monoisotopic (exact) mass is 490 g/mol. The minimum Gasteiger partial charge on any atom is -0.486 e. The summed E-state index contributed by atoms with van der Waals surface area (Å²) < 4.78 is 11.7. The van der Waals surface area contributed by atoms with Crippen molar-refractivity contribution >= 4 is 35.8 Å². The van der Waals surface area contributed by atoms with E-state index in [-0.39, 0.29) is 36.0 Å². The summed E-state index contributed by atoms with van der Waals surface area (Å²) in [4.78, 5) is 20.6. The summed E-state index contributed by atoms with van der Waals surface area (Å²) in [6.07, 6.45) is -0.148. The van der Waals surface area contributed by atoms with Crippen LogP contribution >= 0.6 is 24.0 Å². The molecule has 0 saturated heterocycles. The van der Waals surface area contributed by atoms with Gasteiger partial charge in [-0.1, -0.05) is 12.1 Å². The Morgan fingerprint density at radius 3 is 2.52 bits per heavy atom. The van der Waals surface area contributed by atoms with Gasteiger partial charge in [0.05, 0.1) is 13.1 Å². The first-order valence-corrected chi connectivity index (χ1v) is 9.24. The molecule has 1 aromatic rings. The lowest BCUT2D eigenvalue weighted by Gasteiger charge is -2.27. The van der Waals surface area contributed by atoms with E-state index in [4.69, 9.17) is 9.47 Å². The number of hydrogen-bond donors (Lipinski definition) is 1. The van der Waals surface area contributed by atoms with Crippen molar-refractivity contribution in [1.29, 1.82) is 0 Å². The van der Waals surface area contributed by atoms with Crippen molar-refractivity contribution < 1.29 is 14.3 Å². The van der Waals surface area contributed by atoms with E-state index in [1.54, 1.807) is 0 Å². The molecule has 1 aliphatic rings. The Balaban J connectivity index is 0.00000364. The number of halogens is 1. The number of aliphatic imine (C=N–C) groups is 1. The molecule has 0 aromatic heterocycles. The number of benzene rings is 1. The summed E-state index contributed by atoms with van der Waals surface area (Å²) in [6, 6.07) is 7.63. The number of amides is 1. The Kier molecular flexibility index (Phi) is 10.3. The van der Waals surface area contributed by atoms with Gasteiger partial charge in [-0.3, -0.25) is 4.79 Å². The number of carbonyl (C=O) groups excluding carboxylic acids is 1. The molecular weight excluding hydrogens is 459 g/mol. The molecule has 0 saturated carbocycles. The van der Waals surface area contributed by atoms with Crippen molar-refractivity contribution in [2.24, 2.45) is 4.99 Å². The van der Waals surface area contributed by atoms with Crippen molar-refractivity contribution in [3.63, 3.8) is 0 Å². The summed E-state index contributed by atoms with van der Waals surface area (Å²) in [5, 5.41) is 3.23. The van der Waals surface area contributed by atoms with Gasteiger partial charge in [-0.05, 0) is 32.9 Å². The maximum atomic E-state index is 12.3. The molecule has 7 nitrogen and oxygen atoms in total. The molecule has 1 atom stereocenters. The molecule has 0 fully saturated rings. The number of likely N-dealkylation sites (N-methyl/N-ethyl adjacent to an activating group) is 2. The maximum Gasteiger partial charge on any atom is 0.242 e. The van der Waals surface area contributed by atoms with Gasteiger partial charge in [0, 0.05) is 26.7 Å². The van der Waals surface area contributed by atoms with E-state index < -0.39 is 0 Å². The van der Waals surface area contributed by atoms with E-state index in [9.17, 15) is 4.79 Å². The minimum absolute atomic E-state index is 0. The summed E-state index contributed by atoms with van der Waals surface area (Å²) in [5.41, 5.74) is 0. The molecule has 2 rings (SSSR count). The van der Waals surface area contributed by atoms with Gasteiger partial charge in [-0.15, -0.1) is 24.0 Å². The highest BCUT2D eigenvalue weighted by atomic mass is 127. The Bertz CT molecular complexity index is 623. The van der Waals surface area contributed by atoms with Crippen LogP contribution in [0.25, 0.3) is 0 Å². The Hall–Kier alpha value is -1.71. The quantitative estimate of drug-likeness (QED) is 0.361. The third-order valence-corrected chi connectivity index (χ3v) is 4.20. The number of para-hydroxylation sites is 2. The molecule has 1 N–H and O–H groups in total. The van der Waals surface area contributed by atoms with Gasteiger partial charge in [0.15, 0.2) is 23.6 Å². The number of ether oxygens (including phenoxy) is 2. The summed E-state index contributed by atoms with van der Waals surface area (Å²) in [7, 11) is 1.87. The second-order valence-electron chi connectivity index (χ2n) is 6.11. The van der Waals surface area contributed by atoms with Gasteiger partial charge < -0.3 is 24.6 Å². The standard InChI is InChI=1S/C19H30N4O3.HI/c1-5-20-19(22(4)13-18(24)23(6-2)7-3)21-12-15-14-25-16-10-8-9-11-17(16)26-15;/h8-11,15H,5-7,12-14H2,1-4H3,(H,20,21);1H. The SMILES string of the molecule is CCNC(=NCC1COc2ccccc2O1)N(C)CC(=O)N(CC)CC.I. The first kappa shape index (κ1) is 23.3. The number of rotatable bonds is 7. The van der Waals surface area contributed by atoms with Gasteiger partial charge >= 0.3 is 0 Å². The molecule has 0 aliphatic carbocycles. The fourth-order valence-electron chi connectivity index (χ4n) is 2.77. The van der Waals surface area contributed by atoms with E-state index in [1.165, 1.54) is 0 Å². The first-order valence-electron chi connectivity index (χ1n) is 9.24. The molecule has 1 unspecified atom stereocenters. The molecule has 152 valence electrons. The highest BCUT2D eigenvalue weighted by molar-refractivity contribution is 14.0. The number of nitrogens with one attached hydrogen (secondary N) is 1. The van der Waals surface area contributed by atoms with Crippen LogP contribution in [0.4, 0.5) is 0 Å². The van der Waals surface area contributed by atoms with Crippen LogP contribution in [0, 0.1) is 0 Å². The molecule has 27 heavy (non-hydrogen) atoms. The molecule has 1 heterocycles. The van der Waals surface area contributed by atoms with E-state index >= 15 is 0 Å². The lowest BCUT2D eigenvalue weighted by Crippen LogP contribution is -2.46. The number of nitrogens with zero attached hydrogens (tertiary/aromatic N) is 3. The second kappa shape index (κ2) is 11.9. The van der Waals surface area contributed by atoms with Crippen LogP contribution in [0.15, 0.2) is 29.3 Å². The topological polar surface area (TPSA) is 66.4 Å². The molecule has 1 aliphatic heterocycles. The zero-order chi connectivity index (χ0) is 18.9. The van der Waals surface area contributed by atoms with Crippen molar-refractivity contribution in [2.75, 3.05) is 46.4 Å². The highest BCUT2D eigenvalue weighted by Crippen LogP contribution is 2.30. The summed E-state index contributed by atoms with van der Waals surface area (Å²) >= 11 is 0. The van der Waals surface area contributed by atoms with Crippen LogP contribution in [0.5, 0.6) is 11.5 Å². The Morgan fingerprint density at radius 1 is 1.22 bits per heavy atom. The van der Waals surface area contributed by atoms with Crippen molar-refractivity contribution in [2.45, 2.75) is 26.9 Å². The molecule has 0 spiro atoms. The van der Waals surface area contributed by atoms with Crippen molar-refractivity contribution in [3.05, 3.63) is 24.3 Å². The van der Waals surface area contributed by atoms with Gasteiger partial charge in [-0.2, -0.15) is 0 Å². The third-order valence-electron chi connectivity index (χ3n) is 4.20. The van der Waals surface area contributed by atoms with E-state index in [1.807, 2.05) is 61.9 Å². The van der Waals surface area contributed by atoms with Crippen LogP contribution in [-0.2, 0) is 4.79 Å². The Labute approximate surface area is 179 Å². The molecule has 0 bridgehead atoms. The fourth-order valence-corrected chi connectivity index (χ4v) is 2.77. The van der Waals surface area contributed by atoms with Gasteiger partial charge in [0.1, 0.15) is 6.61 Å². The van der Waals surface area contributed by atoms with Crippen LogP contribution in [0.3, 0.4) is 0 Å². The summed E-state index contributed by atoms with van der Waals surface area (Å²) in [5.74, 6) is 2.29. The van der Waals surface area contributed by atoms with Crippen molar-refractivity contribution in [3.8, 4) is 11.5 Å². The van der Waals surface area contributed by atoms with E-state index in [0.29, 0.717) is 38.7 Å². The second-order valence-corrected chi connectivity index (χ2v) is 6.11. The van der Waals surface area contributed by atoms with Crippen LogP contribution in [-0.4, -0.2) is 74.1 Å². The van der Waals surface area contributed by atoms with Gasteiger partial charge in [0.2, 0.25) is 5.91 Å². The van der Waals surface area contributed by atoms with Crippen LogP contribution in [0.2, 0.25) is 0 Å². The summed E-state index contributed by atoms with van der Waals surface area (Å²) in [6.45, 7) is 9.34. The van der Waals surface area contributed by atoms with E-state index in [0.717, 1.165) is 18.0 Å². The number of hydrogen-bond acceptors (Lipinski definition) is 4.